The Morgan fingerprint density at radius 1 is 1.14 bits per heavy atom. The molecule has 116 valence electrons. The van der Waals surface area contributed by atoms with E-state index in [0.29, 0.717) is 10.9 Å². The van der Waals surface area contributed by atoms with Crippen LogP contribution in [0, 0.1) is 6.92 Å². The molecule has 0 bridgehead atoms. The number of hydrogen-bond acceptors (Lipinski definition) is 2. The van der Waals surface area contributed by atoms with Gasteiger partial charge < -0.3 is 10.6 Å². The van der Waals surface area contributed by atoms with Crippen molar-refractivity contribution in [2.24, 2.45) is 0 Å². The number of anilines is 2. The van der Waals surface area contributed by atoms with Gasteiger partial charge in [0.15, 0.2) is 0 Å². The number of amides is 1. The van der Waals surface area contributed by atoms with Crippen molar-refractivity contribution in [1.82, 2.24) is 0 Å². The van der Waals surface area contributed by atoms with Gasteiger partial charge in [-0.15, -0.1) is 0 Å². The first-order valence-electron chi connectivity index (χ1n) is 7.36. The van der Waals surface area contributed by atoms with Crippen LogP contribution in [0.25, 0.3) is 0 Å². The molecule has 2 aromatic rings. The molecule has 0 saturated heterocycles. The van der Waals surface area contributed by atoms with Gasteiger partial charge in [-0.05, 0) is 42.2 Å². The van der Waals surface area contributed by atoms with Gasteiger partial charge in [0.05, 0.1) is 6.54 Å². The normalized spacial score (nSPS) is 10.6. The molecule has 0 aliphatic heterocycles. The summed E-state index contributed by atoms with van der Waals surface area (Å²) in [4.78, 5) is 12.1. The summed E-state index contributed by atoms with van der Waals surface area (Å²) in [6.07, 6.45) is 0. The van der Waals surface area contributed by atoms with E-state index in [-0.39, 0.29) is 12.5 Å². The quantitative estimate of drug-likeness (QED) is 0.830. The summed E-state index contributed by atoms with van der Waals surface area (Å²) in [6.45, 7) is 6.43. The van der Waals surface area contributed by atoms with Crippen molar-refractivity contribution in [3.63, 3.8) is 0 Å². The Morgan fingerprint density at radius 3 is 2.59 bits per heavy atom. The zero-order valence-electron chi connectivity index (χ0n) is 13.1. The number of aryl methyl sites for hydroxylation is 1. The van der Waals surface area contributed by atoms with Crippen LogP contribution in [0.4, 0.5) is 11.4 Å². The Bertz CT molecular complexity index is 668. The molecule has 0 aromatic heterocycles. The van der Waals surface area contributed by atoms with Crippen molar-refractivity contribution in [3.8, 4) is 0 Å². The van der Waals surface area contributed by atoms with Crippen molar-refractivity contribution < 1.29 is 4.79 Å². The lowest BCUT2D eigenvalue weighted by molar-refractivity contribution is -0.114. The molecule has 4 heteroatoms. The molecule has 0 spiro atoms. The zero-order valence-corrected chi connectivity index (χ0v) is 13.9. The molecule has 0 atom stereocenters. The summed E-state index contributed by atoms with van der Waals surface area (Å²) in [5, 5.41) is 6.70. The predicted octanol–water partition coefficient (Wildman–Crippen LogP) is 4.82. The molecule has 0 radical (unpaired) electrons. The second-order valence-corrected chi connectivity index (χ2v) is 6.04. The fraction of sp³-hybridized carbons (Fsp3) is 0.278. The van der Waals surface area contributed by atoms with E-state index >= 15 is 0 Å². The summed E-state index contributed by atoms with van der Waals surface area (Å²) in [6, 6.07) is 13.5. The number of hydrogen-bond donors (Lipinski definition) is 2. The van der Waals surface area contributed by atoms with E-state index in [0.717, 1.165) is 16.9 Å². The van der Waals surface area contributed by atoms with Crippen molar-refractivity contribution in [2.75, 3.05) is 17.2 Å². The average Bonchev–Trinajstić information content (AvgIpc) is 2.49. The highest BCUT2D eigenvalue weighted by atomic mass is 35.5. The van der Waals surface area contributed by atoms with Gasteiger partial charge in [-0.2, -0.15) is 0 Å². The van der Waals surface area contributed by atoms with E-state index < -0.39 is 0 Å². The molecule has 0 aliphatic carbocycles. The number of rotatable bonds is 5. The monoisotopic (exact) mass is 316 g/mol. The van der Waals surface area contributed by atoms with Crippen LogP contribution < -0.4 is 10.6 Å². The summed E-state index contributed by atoms with van der Waals surface area (Å²) < 4.78 is 0. The fourth-order valence-electron chi connectivity index (χ4n) is 2.26. The third-order valence-corrected chi connectivity index (χ3v) is 3.73. The average molecular weight is 317 g/mol. The summed E-state index contributed by atoms with van der Waals surface area (Å²) in [5.41, 5.74) is 3.93. The van der Waals surface area contributed by atoms with Gasteiger partial charge in [0.2, 0.25) is 5.91 Å². The molecule has 2 rings (SSSR count). The summed E-state index contributed by atoms with van der Waals surface area (Å²) in [7, 11) is 0. The number of para-hydroxylation sites is 1. The van der Waals surface area contributed by atoms with Gasteiger partial charge in [0.25, 0.3) is 0 Å². The van der Waals surface area contributed by atoms with Crippen molar-refractivity contribution in [1.29, 1.82) is 0 Å². The summed E-state index contributed by atoms with van der Waals surface area (Å²) in [5.74, 6) is 0.311. The van der Waals surface area contributed by atoms with Crippen LogP contribution in [0.2, 0.25) is 5.02 Å². The second-order valence-electron chi connectivity index (χ2n) is 5.60. The van der Waals surface area contributed by atoms with E-state index in [1.54, 1.807) is 6.07 Å². The Balaban J connectivity index is 2.00. The van der Waals surface area contributed by atoms with E-state index in [1.807, 2.05) is 37.3 Å². The van der Waals surface area contributed by atoms with E-state index in [2.05, 4.69) is 30.5 Å². The van der Waals surface area contributed by atoms with Crippen LogP contribution >= 0.6 is 11.6 Å². The zero-order chi connectivity index (χ0) is 16.1. The van der Waals surface area contributed by atoms with Gasteiger partial charge in [0, 0.05) is 16.4 Å². The minimum atomic E-state index is -0.0936. The third kappa shape index (κ3) is 4.25. The topological polar surface area (TPSA) is 41.1 Å². The lowest BCUT2D eigenvalue weighted by atomic mass is 10.0. The van der Waals surface area contributed by atoms with Crippen molar-refractivity contribution in [2.45, 2.75) is 26.7 Å². The van der Waals surface area contributed by atoms with Crippen LogP contribution in [0.3, 0.4) is 0 Å². The first kappa shape index (κ1) is 16.4. The van der Waals surface area contributed by atoms with Gasteiger partial charge >= 0.3 is 0 Å². The first-order valence-corrected chi connectivity index (χ1v) is 7.74. The molecular formula is C18H21ClN2O. The molecule has 0 saturated carbocycles. The Hall–Kier alpha value is -2.00. The van der Waals surface area contributed by atoms with Crippen molar-refractivity contribution >= 4 is 28.9 Å². The first-order chi connectivity index (χ1) is 10.5. The molecule has 1 amide bonds. The highest BCUT2D eigenvalue weighted by molar-refractivity contribution is 6.31. The maximum Gasteiger partial charge on any atom is 0.243 e. The van der Waals surface area contributed by atoms with Crippen molar-refractivity contribution in [3.05, 3.63) is 58.6 Å². The van der Waals surface area contributed by atoms with Crippen LogP contribution in [0.15, 0.2) is 42.5 Å². The lowest BCUT2D eigenvalue weighted by Gasteiger charge is -2.15. The Labute approximate surface area is 136 Å². The Kier molecular flexibility index (Phi) is 5.45. The minimum absolute atomic E-state index is 0.0936. The molecule has 3 nitrogen and oxygen atoms in total. The second kappa shape index (κ2) is 7.32. The number of nitrogens with one attached hydrogen (secondary N) is 2. The van der Waals surface area contributed by atoms with Crippen LogP contribution in [0.1, 0.15) is 30.9 Å². The molecule has 0 heterocycles. The van der Waals surface area contributed by atoms with Crippen LogP contribution in [-0.4, -0.2) is 12.5 Å². The van der Waals surface area contributed by atoms with Crippen LogP contribution in [0.5, 0.6) is 0 Å². The van der Waals surface area contributed by atoms with E-state index in [9.17, 15) is 4.79 Å². The maximum absolute atomic E-state index is 12.1. The number of benzene rings is 2. The van der Waals surface area contributed by atoms with Gasteiger partial charge in [-0.25, -0.2) is 0 Å². The predicted molar refractivity (Wildman–Crippen MR) is 93.8 cm³/mol. The molecule has 0 unspecified atom stereocenters. The number of carbonyl (C=O) groups excluding carboxylic acids is 1. The van der Waals surface area contributed by atoms with E-state index in [4.69, 9.17) is 11.6 Å². The molecule has 0 fully saturated rings. The Morgan fingerprint density at radius 2 is 1.86 bits per heavy atom. The third-order valence-electron chi connectivity index (χ3n) is 3.50. The summed E-state index contributed by atoms with van der Waals surface area (Å²) >= 11 is 5.96. The minimum Gasteiger partial charge on any atom is -0.376 e. The molecular weight excluding hydrogens is 296 g/mol. The molecule has 22 heavy (non-hydrogen) atoms. The maximum atomic E-state index is 12.1. The van der Waals surface area contributed by atoms with Gasteiger partial charge in [-0.1, -0.05) is 49.7 Å². The van der Waals surface area contributed by atoms with Gasteiger partial charge in [-0.3, -0.25) is 4.79 Å². The SMILES string of the molecule is Cc1ccc(Cl)cc1NC(=O)CNc1ccccc1C(C)C. The largest absolute Gasteiger partial charge is 0.376 e. The van der Waals surface area contributed by atoms with E-state index in [1.165, 1.54) is 5.56 Å². The number of carbonyl (C=O) groups is 1. The lowest BCUT2D eigenvalue weighted by Crippen LogP contribution is -2.22. The molecule has 2 N–H and O–H groups in total. The molecule has 2 aromatic carbocycles. The highest BCUT2D eigenvalue weighted by Crippen LogP contribution is 2.24. The smallest absolute Gasteiger partial charge is 0.243 e. The number of halogens is 1. The standard InChI is InChI=1S/C18H21ClN2O/c1-12(2)15-6-4-5-7-16(15)20-11-18(22)21-17-10-14(19)9-8-13(17)3/h4-10,12,20H,11H2,1-3H3,(H,21,22). The fourth-order valence-corrected chi connectivity index (χ4v) is 2.43. The van der Waals surface area contributed by atoms with Crippen LogP contribution in [-0.2, 0) is 4.79 Å². The molecule has 0 aliphatic rings. The van der Waals surface area contributed by atoms with Gasteiger partial charge in [0.1, 0.15) is 0 Å². The highest BCUT2D eigenvalue weighted by Gasteiger charge is 2.08.